The van der Waals surface area contributed by atoms with Crippen molar-refractivity contribution in [3.8, 4) is 6.07 Å². The number of anilines is 1. The molecule has 8 nitrogen and oxygen atoms in total. The fourth-order valence-corrected chi connectivity index (χ4v) is 2.94. The average molecular weight is 396 g/mol. The Morgan fingerprint density at radius 3 is 2.53 bits per heavy atom. The summed E-state index contributed by atoms with van der Waals surface area (Å²) in [5.74, 6) is -0.766. The topological polar surface area (TPSA) is 112 Å². The zero-order valence-corrected chi connectivity index (χ0v) is 15.7. The Kier molecular flexibility index (Phi) is 5.17. The number of rotatable bonds is 5. The lowest BCUT2D eigenvalue weighted by Crippen LogP contribution is -2.25. The van der Waals surface area contributed by atoms with Crippen LogP contribution in [0.1, 0.15) is 32.4 Å². The molecule has 2 amide bonds. The summed E-state index contributed by atoms with van der Waals surface area (Å²) in [5, 5.41) is 14.4. The third-order valence-electron chi connectivity index (χ3n) is 4.39. The van der Waals surface area contributed by atoms with Gasteiger partial charge in [0.2, 0.25) is 5.82 Å². The highest BCUT2D eigenvalue weighted by atomic mass is 16.2. The molecule has 0 unspecified atom stereocenters. The van der Waals surface area contributed by atoms with Crippen molar-refractivity contribution in [2.24, 2.45) is 0 Å². The summed E-state index contributed by atoms with van der Waals surface area (Å²) in [6.07, 6.45) is 3.33. The lowest BCUT2D eigenvalue weighted by atomic mass is 10.2. The van der Waals surface area contributed by atoms with E-state index in [0.29, 0.717) is 22.5 Å². The second-order valence-corrected chi connectivity index (χ2v) is 6.39. The van der Waals surface area contributed by atoms with Gasteiger partial charge in [-0.3, -0.25) is 19.0 Å². The molecular weight excluding hydrogens is 380 g/mol. The first kappa shape index (κ1) is 18.8. The average Bonchev–Trinajstić information content (AvgIpc) is 3.19. The molecule has 3 aromatic heterocycles. The number of amides is 2. The first-order valence-electron chi connectivity index (χ1n) is 9.12. The molecule has 0 saturated heterocycles. The third kappa shape index (κ3) is 3.86. The van der Waals surface area contributed by atoms with Gasteiger partial charge in [0.25, 0.3) is 11.8 Å². The third-order valence-corrected chi connectivity index (χ3v) is 4.39. The number of carbonyl (C=O) groups excluding carboxylic acids is 2. The molecule has 0 aliphatic carbocycles. The van der Waals surface area contributed by atoms with E-state index in [0.717, 1.165) is 0 Å². The minimum Gasteiger partial charge on any atom is -0.344 e. The number of hydrogen-bond acceptors (Lipinski definition) is 5. The molecule has 0 saturated carbocycles. The number of hydrogen-bond donors (Lipinski definition) is 2. The quantitative estimate of drug-likeness (QED) is 0.539. The monoisotopic (exact) mass is 396 g/mol. The highest BCUT2D eigenvalue weighted by Gasteiger charge is 2.21. The van der Waals surface area contributed by atoms with Gasteiger partial charge in [-0.2, -0.15) is 5.26 Å². The second-order valence-electron chi connectivity index (χ2n) is 6.39. The molecule has 0 radical (unpaired) electrons. The summed E-state index contributed by atoms with van der Waals surface area (Å²) in [7, 11) is 0. The van der Waals surface area contributed by atoms with Crippen molar-refractivity contribution in [2.45, 2.75) is 6.54 Å². The van der Waals surface area contributed by atoms with E-state index in [1.807, 2.05) is 12.1 Å². The van der Waals surface area contributed by atoms with Crippen LogP contribution >= 0.6 is 0 Å². The van der Waals surface area contributed by atoms with E-state index in [1.165, 1.54) is 0 Å². The van der Waals surface area contributed by atoms with Crippen molar-refractivity contribution in [2.75, 3.05) is 5.32 Å². The van der Waals surface area contributed by atoms with E-state index in [4.69, 9.17) is 5.26 Å². The Hall–Kier alpha value is -4.51. The molecule has 0 fully saturated rings. The van der Waals surface area contributed by atoms with Gasteiger partial charge in [-0.25, -0.2) is 4.98 Å². The SMILES string of the molecule is N#Cc1ccc(NC(=O)c2nc(C(=O)NCc3ccccn3)n3ccccc23)cc1. The van der Waals surface area contributed by atoms with Crippen LogP contribution in [0.2, 0.25) is 0 Å². The molecule has 0 atom stereocenters. The number of fused-ring (bicyclic) bond motifs is 1. The smallest absolute Gasteiger partial charge is 0.288 e. The Balaban J connectivity index is 1.59. The largest absolute Gasteiger partial charge is 0.344 e. The van der Waals surface area contributed by atoms with E-state index < -0.39 is 11.8 Å². The number of carbonyl (C=O) groups is 2. The summed E-state index contributed by atoms with van der Waals surface area (Å²) in [5.41, 5.74) is 2.37. The van der Waals surface area contributed by atoms with Crippen LogP contribution in [0.3, 0.4) is 0 Å². The predicted molar refractivity (Wildman–Crippen MR) is 110 cm³/mol. The lowest BCUT2D eigenvalue weighted by molar-refractivity contribution is 0.0939. The molecule has 2 N–H and O–H groups in total. The summed E-state index contributed by atoms with van der Waals surface area (Å²) in [6, 6.07) is 19.2. The number of imidazole rings is 1. The molecule has 30 heavy (non-hydrogen) atoms. The number of nitrogens with one attached hydrogen (secondary N) is 2. The van der Waals surface area contributed by atoms with Crippen LogP contribution in [0.4, 0.5) is 5.69 Å². The molecule has 4 rings (SSSR count). The van der Waals surface area contributed by atoms with Crippen LogP contribution in [-0.2, 0) is 6.54 Å². The standard InChI is InChI=1S/C22H16N6O2/c23-13-15-7-9-16(10-8-15)26-21(29)19-18-6-2-4-12-28(18)20(27-19)22(30)25-14-17-5-1-3-11-24-17/h1-12H,14H2,(H,25,30)(H,26,29). The van der Waals surface area contributed by atoms with Crippen molar-refractivity contribution in [3.63, 3.8) is 0 Å². The van der Waals surface area contributed by atoms with Crippen LogP contribution in [-0.4, -0.2) is 26.2 Å². The number of benzene rings is 1. The maximum atomic E-state index is 12.8. The van der Waals surface area contributed by atoms with E-state index in [2.05, 4.69) is 20.6 Å². The van der Waals surface area contributed by atoms with Crippen molar-refractivity contribution >= 4 is 23.0 Å². The molecule has 0 spiro atoms. The van der Waals surface area contributed by atoms with E-state index >= 15 is 0 Å². The normalized spacial score (nSPS) is 10.4. The van der Waals surface area contributed by atoms with Gasteiger partial charge in [0, 0.05) is 18.1 Å². The lowest BCUT2D eigenvalue weighted by Gasteiger charge is -2.03. The maximum Gasteiger partial charge on any atom is 0.288 e. The Morgan fingerprint density at radius 2 is 1.80 bits per heavy atom. The summed E-state index contributed by atoms with van der Waals surface area (Å²) >= 11 is 0. The first-order chi connectivity index (χ1) is 14.7. The zero-order valence-electron chi connectivity index (χ0n) is 15.7. The minimum absolute atomic E-state index is 0.103. The zero-order chi connectivity index (χ0) is 20.9. The van der Waals surface area contributed by atoms with Gasteiger partial charge in [0.1, 0.15) is 0 Å². The van der Waals surface area contributed by atoms with Crippen molar-refractivity contribution < 1.29 is 9.59 Å². The van der Waals surface area contributed by atoms with Gasteiger partial charge in [-0.05, 0) is 48.5 Å². The fourth-order valence-electron chi connectivity index (χ4n) is 2.94. The van der Waals surface area contributed by atoms with Gasteiger partial charge < -0.3 is 10.6 Å². The van der Waals surface area contributed by atoms with Gasteiger partial charge in [-0.1, -0.05) is 12.1 Å². The first-order valence-corrected chi connectivity index (χ1v) is 9.12. The van der Waals surface area contributed by atoms with Crippen LogP contribution in [0.5, 0.6) is 0 Å². The summed E-state index contributed by atoms with van der Waals surface area (Å²) in [4.78, 5) is 34.0. The molecule has 146 valence electrons. The molecule has 0 aliphatic rings. The number of nitriles is 1. The van der Waals surface area contributed by atoms with Crippen LogP contribution in [0.15, 0.2) is 73.1 Å². The van der Waals surface area contributed by atoms with Gasteiger partial charge in [0.15, 0.2) is 5.69 Å². The number of nitrogens with zero attached hydrogens (tertiary/aromatic N) is 4. The van der Waals surface area contributed by atoms with Crippen LogP contribution < -0.4 is 10.6 Å². The van der Waals surface area contributed by atoms with Gasteiger partial charge >= 0.3 is 0 Å². The van der Waals surface area contributed by atoms with Crippen molar-refractivity contribution in [1.82, 2.24) is 19.7 Å². The molecule has 0 bridgehead atoms. The van der Waals surface area contributed by atoms with Gasteiger partial charge in [-0.15, -0.1) is 0 Å². The molecule has 3 heterocycles. The van der Waals surface area contributed by atoms with Crippen molar-refractivity contribution in [1.29, 1.82) is 5.26 Å². The number of pyridine rings is 2. The van der Waals surface area contributed by atoms with Crippen LogP contribution in [0.25, 0.3) is 5.52 Å². The molecule has 4 aromatic rings. The molecule has 8 heteroatoms. The summed E-state index contributed by atoms with van der Waals surface area (Å²) < 4.78 is 1.57. The maximum absolute atomic E-state index is 12.8. The van der Waals surface area contributed by atoms with E-state index in [1.54, 1.807) is 71.4 Å². The molecule has 1 aromatic carbocycles. The highest BCUT2D eigenvalue weighted by Crippen LogP contribution is 2.16. The van der Waals surface area contributed by atoms with Crippen molar-refractivity contribution in [3.05, 3.63) is 95.8 Å². The molecular formula is C22H16N6O2. The van der Waals surface area contributed by atoms with E-state index in [-0.39, 0.29) is 18.1 Å². The van der Waals surface area contributed by atoms with E-state index in [9.17, 15) is 9.59 Å². The fraction of sp³-hybridized carbons (Fsp3) is 0.0455. The second kappa shape index (κ2) is 8.24. The number of aromatic nitrogens is 3. The molecule has 0 aliphatic heterocycles. The van der Waals surface area contributed by atoms with Gasteiger partial charge in [0.05, 0.1) is 29.4 Å². The minimum atomic E-state index is -0.452. The Bertz CT molecular complexity index is 1260. The predicted octanol–water partition coefficient (Wildman–Crippen LogP) is 2.78. The Labute approximate surface area is 171 Å². The summed E-state index contributed by atoms with van der Waals surface area (Å²) in [6.45, 7) is 0.244. The highest BCUT2D eigenvalue weighted by molar-refractivity contribution is 6.08. The van der Waals surface area contributed by atoms with Crippen LogP contribution in [0, 0.1) is 11.3 Å². The Morgan fingerprint density at radius 1 is 1.00 bits per heavy atom.